The summed E-state index contributed by atoms with van der Waals surface area (Å²) in [5.41, 5.74) is 0. The summed E-state index contributed by atoms with van der Waals surface area (Å²) in [5, 5.41) is 3.35. The Morgan fingerprint density at radius 1 is 1.10 bits per heavy atom. The van der Waals surface area contributed by atoms with Gasteiger partial charge in [-0.15, -0.1) is 0 Å². The highest BCUT2D eigenvalue weighted by molar-refractivity contribution is 5.78. The summed E-state index contributed by atoms with van der Waals surface area (Å²) >= 11 is 0. The maximum Gasteiger partial charge on any atom is 0.236 e. The zero-order valence-corrected chi connectivity index (χ0v) is 12.9. The molecule has 0 aromatic heterocycles. The van der Waals surface area contributed by atoms with Gasteiger partial charge in [-0.25, -0.2) is 0 Å². The summed E-state index contributed by atoms with van der Waals surface area (Å²) in [4.78, 5) is 19.3. The normalized spacial score (nSPS) is 29.5. The third-order valence-electron chi connectivity index (χ3n) is 4.86. The lowest BCUT2D eigenvalue weighted by atomic mass is 10.2. The molecule has 1 amide bonds. The van der Waals surface area contributed by atoms with Gasteiger partial charge >= 0.3 is 0 Å². The fourth-order valence-electron chi connectivity index (χ4n) is 3.58. The van der Waals surface area contributed by atoms with Crippen LogP contribution in [0.2, 0.25) is 0 Å². The molecule has 0 aromatic carbocycles. The molecule has 3 rings (SSSR count). The van der Waals surface area contributed by atoms with Crippen LogP contribution >= 0.6 is 0 Å². The first-order chi connectivity index (χ1) is 10.3. The van der Waals surface area contributed by atoms with E-state index >= 15 is 0 Å². The van der Waals surface area contributed by atoms with Gasteiger partial charge in [0.1, 0.15) is 0 Å². The number of rotatable bonds is 3. The number of ether oxygens (including phenoxy) is 1. The second-order valence-corrected chi connectivity index (χ2v) is 6.31. The Morgan fingerprint density at radius 2 is 1.95 bits per heavy atom. The van der Waals surface area contributed by atoms with Crippen LogP contribution in [0.1, 0.15) is 12.8 Å². The Bertz CT molecular complexity index is 339. The Hall–Kier alpha value is -0.690. The van der Waals surface area contributed by atoms with Gasteiger partial charge in [0, 0.05) is 51.9 Å². The fourth-order valence-corrected chi connectivity index (χ4v) is 3.58. The zero-order valence-electron chi connectivity index (χ0n) is 12.9. The molecule has 3 aliphatic heterocycles. The van der Waals surface area contributed by atoms with Gasteiger partial charge in [0.2, 0.25) is 5.91 Å². The molecule has 0 radical (unpaired) electrons. The molecule has 3 aliphatic rings. The predicted octanol–water partition coefficient (Wildman–Crippen LogP) is -0.785. The lowest BCUT2D eigenvalue weighted by Gasteiger charge is -2.32. The van der Waals surface area contributed by atoms with E-state index in [9.17, 15) is 4.79 Å². The van der Waals surface area contributed by atoms with E-state index in [4.69, 9.17) is 4.74 Å². The number of morpholine rings is 1. The number of carbonyl (C=O) groups is 1. The Kier molecular flexibility index (Phi) is 5.46. The van der Waals surface area contributed by atoms with Crippen molar-refractivity contribution in [1.82, 2.24) is 20.0 Å². The molecule has 21 heavy (non-hydrogen) atoms. The van der Waals surface area contributed by atoms with Crippen LogP contribution in [0.25, 0.3) is 0 Å². The van der Waals surface area contributed by atoms with Crippen molar-refractivity contribution in [2.45, 2.75) is 18.9 Å². The Labute approximate surface area is 127 Å². The van der Waals surface area contributed by atoms with Crippen LogP contribution in [0, 0.1) is 0 Å². The first-order valence-corrected chi connectivity index (χ1v) is 8.35. The zero-order chi connectivity index (χ0) is 14.5. The van der Waals surface area contributed by atoms with Crippen LogP contribution < -0.4 is 5.32 Å². The van der Waals surface area contributed by atoms with Crippen LogP contribution in [0.3, 0.4) is 0 Å². The average Bonchev–Trinajstić information content (AvgIpc) is 2.81. The highest BCUT2D eigenvalue weighted by Crippen LogP contribution is 2.17. The van der Waals surface area contributed by atoms with Crippen molar-refractivity contribution in [2.24, 2.45) is 0 Å². The van der Waals surface area contributed by atoms with Crippen molar-refractivity contribution in [3.8, 4) is 0 Å². The maximum absolute atomic E-state index is 12.4. The largest absolute Gasteiger partial charge is 0.379 e. The molecule has 1 N–H and O–H groups in total. The van der Waals surface area contributed by atoms with Crippen LogP contribution in [0.15, 0.2) is 0 Å². The second kappa shape index (κ2) is 7.54. The van der Waals surface area contributed by atoms with Gasteiger partial charge in [-0.05, 0) is 19.4 Å². The molecule has 3 saturated heterocycles. The van der Waals surface area contributed by atoms with Crippen LogP contribution in [-0.2, 0) is 9.53 Å². The van der Waals surface area contributed by atoms with E-state index in [1.807, 2.05) is 4.90 Å². The number of carbonyl (C=O) groups excluding carboxylic acids is 1. The highest BCUT2D eigenvalue weighted by atomic mass is 16.5. The van der Waals surface area contributed by atoms with E-state index < -0.39 is 0 Å². The Balaban J connectivity index is 1.44. The van der Waals surface area contributed by atoms with Crippen molar-refractivity contribution >= 4 is 5.91 Å². The molecule has 1 unspecified atom stereocenters. The SMILES string of the molecule is O=C(CN1CCC(N2CCOCC2)C1)N1CCCNCC1. The smallest absolute Gasteiger partial charge is 0.236 e. The third kappa shape index (κ3) is 4.16. The molecule has 3 fully saturated rings. The van der Waals surface area contributed by atoms with Gasteiger partial charge in [0.05, 0.1) is 19.8 Å². The number of likely N-dealkylation sites (tertiary alicyclic amines) is 1. The molecular formula is C15H28N4O2. The quantitative estimate of drug-likeness (QED) is 0.740. The van der Waals surface area contributed by atoms with Crippen LogP contribution in [0.4, 0.5) is 0 Å². The van der Waals surface area contributed by atoms with Crippen molar-refractivity contribution < 1.29 is 9.53 Å². The van der Waals surface area contributed by atoms with E-state index in [0.717, 1.165) is 72.0 Å². The summed E-state index contributed by atoms with van der Waals surface area (Å²) in [6.45, 7) is 10.2. The molecule has 0 aliphatic carbocycles. The third-order valence-corrected chi connectivity index (χ3v) is 4.86. The number of hydrogen-bond acceptors (Lipinski definition) is 5. The molecule has 3 heterocycles. The van der Waals surface area contributed by atoms with Gasteiger partial charge in [-0.3, -0.25) is 14.6 Å². The minimum absolute atomic E-state index is 0.307. The minimum Gasteiger partial charge on any atom is -0.379 e. The monoisotopic (exact) mass is 296 g/mol. The van der Waals surface area contributed by atoms with E-state index in [1.54, 1.807) is 0 Å². The molecule has 0 aromatic rings. The molecule has 0 bridgehead atoms. The van der Waals surface area contributed by atoms with E-state index in [2.05, 4.69) is 15.1 Å². The predicted molar refractivity (Wildman–Crippen MR) is 81.3 cm³/mol. The van der Waals surface area contributed by atoms with Crippen molar-refractivity contribution in [2.75, 3.05) is 72.1 Å². The van der Waals surface area contributed by atoms with Gasteiger partial charge in [-0.1, -0.05) is 0 Å². The summed E-state index contributed by atoms with van der Waals surface area (Å²) in [7, 11) is 0. The van der Waals surface area contributed by atoms with Gasteiger partial charge in [0.25, 0.3) is 0 Å². The number of nitrogens with one attached hydrogen (secondary N) is 1. The van der Waals surface area contributed by atoms with E-state index in [1.165, 1.54) is 6.42 Å². The first-order valence-electron chi connectivity index (χ1n) is 8.35. The maximum atomic E-state index is 12.4. The lowest BCUT2D eigenvalue weighted by Crippen LogP contribution is -2.46. The average molecular weight is 296 g/mol. The van der Waals surface area contributed by atoms with Crippen LogP contribution in [-0.4, -0.2) is 98.8 Å². The summed E-state index contributed by atoms with van der Waals surface area (Å²) in [5.74, 6) is 0.307. The van der Waals surface area contributed by atoms with Crippen molar-refractivity contribution in [1.29, 1.82) is 0 Å². The van der Waals surface area contributed by atoms with Gasteiger partial charge < -0.3 is 15.0 Å². The standard InChI is InChI=1S/C15H28N4O2/c20-15(19-5-1-3-16-4-7-19)13-17-6-2-14(12-17)18-8-10-21-11-9-18/h14,16H,1-13H2. The molecule has 6 nitrogen and oxygen atoms in total. The fraction of sp³-hybridized carbons (Fsp3) is 0.933. The van der Waals surface area contributed by atoms with Crippen molar-refractivity contribution in [3.05, 3.63) is 0 Å². The second-order valence-electron chi connectivity index (χ2n) is 6.31. The molecule has 0 saturated carbocycles. The van der Waals surface area contributed by atoms with Gasteiger partial charge in [-0.2, -0.15) is 0 Å². The van der Waals surface area contributed by atoms with E-state index in [-0.39, 0.29) is 0 Å². The lowest BCUT2D eigenvalue weighted by molar-refractivity contribution is -0.132. The number of nitrogens with zero attached hydrogens (tertiary/aromatic N) is 3. The van der Waals surface area contributed by atoms with E-state index in [0.29, 0.717) is 18.5 Å². The molecule has 120 valence electrons. The molecular weight excluding hydrogens is 268 g/mol. The summed E-state index contributed by atoms with van der Waals surface area (Å²) in [6, 6.07) is 0.618. The minimum atomic E-state index is 0.307. The molecule has 1 atom stereocenters. The molecule has 6 heteroatoms. The van der Waals surface area contributed by atoms with Crippen molar-refractivity contribution in [3.63, 3.8) is 0 Å². The van der Waals surface area contributed by atoms with Crippen LogP contribution in [0.5, 0.6) is 0 Å². The first kappa shape index (κ1) is 15.2. The highest BCUT2D eigenvalue weighted by Gasteiger charge is 2.30. The topological polar surface area (TPSA) is 48.1 Å². The molecule has 0 spiro atoms. The van der Waals surface area contributed by atoms with Gasteiger partial charge in [0.15, 0.2) is 0 Å². The number of hydrogen-bond donors (Lipinski definition) is 1. The number of amides is 1. The Morgan fingerprint density at radius 3 is 2.81 bits per heavy atom. The summed E-state index contributed by atoms with van der Waals surface area (Å²) in [6.07, 6.45) is 2.26. The summed E-state index contributed by atoms with van der Waals surface area (Å²) < 4.78 is 5.42.